The molecule has 0 fully saturated rings. The van der Waals surface area contributed by atoms with Gasteiger partial charge in [0.1, 0.15) is 17.1 Å². The summed E-state index contributed by atoms with van der Waals surface area (Å²) in [5.74, 6) is 1.19. The van der Waals surface area contributed by atoms with Crippen LogP contribution in [-0.2, 0) is 9.05 Å². The Morgan fingerprint density at radius 1 is 1.00 bits per heavy atom. The van der Waals surface area contributed by atoms with Crippen molar-refractivity contribution in [1.82, 2.24) is 4.67 Å². The first-order valence-electron chi connectivity index (χ1n) is 15.9. The lowest BCUT2D eigenvalue weighted by molar-refractivity contribution is -0.384. The number of hydrogen-bond donors (Lipinski definition) is 0. The molecule has 0 aliphatic carbocycles. The SMILES string of the molecule is CCCOP(OCCCCN1c2cc(OC)c(N=Nc3ccc([N+](=O)[O-])cc3OC)cc2C(C)CC1(C)C)N(C(C)C)C(C)C. The molecule has 0 saturated heterocycles. The largest absolute Gasteiger partial charge is 0.494 e. The monoisotopic (exact) mass is 645 g/mol. The van der Waals surface area contributed by atoms with E-state index in [0.29, 0.717) is 48.3 Å². The van der Waals surface area contributed by atoms with Crippen LogP contribution in [0.4, 0.5) is 22.7 Å². The van der Waals surface area contributed by atoms with Crippen LogP contribution in [-0.4, -0.2) is 61.2 Å². The van der Waals surface area contributed by atoms with Gasteiger partial charge in [-0.15, -0.1) is 10.2 Å². The van der Waals surface area contributed by atoms with Gasteiger partial charge in [-0.3, -0.25) is 10.1 Å². The maximum Gasteiger partial charge on any atom is 0.273 e. The van der Waals surface area contributed by atoms with Crippen molar-refractivity contribution in [2.45, 2.75) is 105 Å². The van der Waals surface area contributed by atoms with Gasteiger partial charge in [-0.2, -0.15) is 0 Å². The minimum Gasteiger partial charge on any atom is -0.494 e. The molecule has 1 aliphatic rings. The third-order valence-corrected chi connectivity index (χ3v) is 10.1. The Morgan fingerprint density at radius 3 is 2.22 bits per heavy atom. The van der Waals surface area contributed by atoms with Gasteiger partial charge in [-0.25, -0.2) is 4.67 Å². The Morgan fingerprint density at radius 2 is 1.62 bits per heavy atom. The van der Waals surface area contributed by atoms with E-state index in [1.165, 1.54) is 30.9 Å². The number of nitro benzene ring substituents is 1. The van der Waals surface area contributed by atoms with Crippen molar-refractivity contribution in [3.05, 3.63) is 46.0 Å². The molecule has 45 heavy (non-hydrogen) atoms. The van der Waals surface area contributed by atoms with Gasteiger partial charge < -0.3 is 23.4 Å². The van der Waals surface area contributed by atoms with Crippen LogP contribution in [0.25, 0.3) is 0 Å². The van der Waals surface area contributed by atoms with E-state index in [4.69, 9.17) is 18.5 Å². The standard InChI is InChI=1S/C33H52N5O6P/c1-11-17-43-45(37(23(2)3)24(4)5)44-18-13-12-16-36-30-21-32(42-10)29(20-27(30)25(6)22-33(36,7)8)35-34-28-15-14-26(38(39)40)19-31(28)41-9/h14-15,19-21,23-25H,11-13,16-18,22H2,1-10H3. The van der Waals surface area contributed by atoms with E-state index >= 15 is 0 Å². The van der Waals surface area contributed by atoms with E-state index < -0.39 is 13.4 Å². The maximum absolute atomic E-state index is 11.2. The lowest BCUT2D eigenvalue weighted by Crippen LogP contribution is -2.48. The molecule has 1 heterocycles. The van der Waals surface area contributed by atoms with Gasteiger partial charge in [0.25, 0.3) is 14.2 Å². The van der Waals surface area contributed by atoms with Crippen molar-refractivity contribution in [3.8, 4) is 11.5 Å². The topological polar surface area (TPSA) is 111 Å². The first-order chi connectivity index (χ1) is 21.3. The normalized spacial score (nSPS) is 16.9. The average molecular weight is 646 g/mol. The zero-order valence-corrected chi connectivity index (χ0v) is 29.6. The number of azo groups is 1. The smallest absolute Gasteiger partial charge is 0.273 e. The Hall–Kier alpha value is -2.85. The van der Waals surface area contributed by atoms with Crippen LogP contribution in [0.3, 0.4) is 0 Å². The van der Waals surface area contributed by atoms with Gasteiger partial charge in [0.2, 0.25) is 0 Å². The van der Waals surface area contributed by atoms with E-state index in [9.17, 15) is 10.1 Å². The molecule has 0 saturated carbocycles. The second-order valence-corrected chi connectivity index (χ2v) is 14.1. The molecule has 0 aromatic heterocycles. The first kappa shape index (κ1) is 36.6. The third kappa shape index (κ3) is 9.35. The van der Waals surface area contributed by atoms with Crippen LogP contribution in [0, 0.1) is 10.1 Å². The molecule has 2 aromatic rings. The molecule has 0 radical (unpaired) electrons. The number of methoxy groups -OCH3 is 2. The van der Waals surface area contributed by atoms with Crippen molar-refractivity contribution in [2.24, 2.45) is 10.2 Å². The molecule has 2 aromatic carbocycles. The molecule has 11 nitrogen and oxygen atoms in total. The summed E-state index contributed by atoms with van der Waals surface area (Å²) in [6, 6.07) is 9.06. The molecule has 12 heteroatoms. The second kappa shape index (κ2) is 16.6. The fourth-order valence-electron chi connectivity index (χ4n) is 5.96. The Labute approximate surface area is 270 Å². The van der Waals surface area contributed by atoms with Crippen LogP contribution in [0.1, 0.15) is 92.6 Å². The predicted octanol–water partition coefficient (Wildman–Crippen LogP) is 9.69. The number of anilines is 1. The molecule has 3 rings (SSSR count). The highest BCUT2D eigenvalue weighted by Gasteiger charge is 2.37. The summed E-state index contributed by atoms with van der Waals surface area (Å²) >= 11 is 0. The Bertz CT molecular complexity index is 1300. The molecular weight excluding hydrogens is 593 g/mol. The van der Waals surface area contributed by atoms with Crippen LogP contribution >= 0.6 is 8.53 Å². The van der Waals surface area contributed by atoms with Gasteiger partial charge >= 0.3 is 0 Å². The summed E-state index contributed by atoms with van der Waals surface area (Å²) in [7, 11) is 1.98. The summed E-state index contributed by atoms with van der Waals surface area (Å²) in [4.78, 5) is 13.2. The van der Waals surface area contributed by atoms with Gasteiger partial charge in [-0.1, -0.05) is 13.8 Å². The van der Waals surface area contributed by atoms with Crippen LogP contribution < -0.4 is 14.4 Å². The average Bonchev–Trinajstić information content (AvgIpc) is 2.98. The van der Waals surface area contributed by atoms with Gasteiger partial charge in [0.05, 0.1) is 38.4 Å². The van der Waals surface area contributed by atoms with Crippen LogP contribution in [0.15, 0.2) is 40.6 Å². The summed E-state index contributed by atoms with van der Waals surface area (Å²) in [5, 5.41) is 20.0. The number of unbranched alkanes of at least 4 members (excludes halogenated alkanes) is 1. The number of nitro groups is 1. The highest BCUT2D eigenvalue weighted by molar-refractivity contribution is 7.44. The molecule has 2 unspecified atom stereocenters. The highest BCUT2D eigenvalue weighted by atomic mass is 31.2. The van der Waals surface area contributed by atoms with E-state index in [-0.39, 0.29) is 17.0 Å². The first-order valence-corrected chi connectivity index (χ1v) is 17.1. The third-order valence-electron chi connectivity index (χ3n) is 7.96. The van der Waals surface area contributed by atoms with Crippen molar-refractivity contribution < 1.29 is 23.4 Å². The minimum atomic E-state index is -1.10. The summed E-state index contributed by atoms with van der Waals surface area (Å²) in [5.41, 5.74) is 3.21. The number of rotatable bonds is 17. The minimum absolute atomic E-state index is 0.0453. The van der Waals surface area contributed by atoms with Crippen molar-refractivity contribution in [2.75, 3.05) is 38.9 Å². The fourth-order valence-corrected chi connectivity index (χ4v) is 7.68. The second-order valence-electron chi connectivity index (χ2n) is 12.6. The lowest BCUT2D eigenvalue weighted by atomic mass is 9.79. The molecule has 0 spiro atoms. The van der Waals surface area contributed by atoms with Crippen molar-refractivity contribution >= 4 is 31.3 Å². The molecule has 0 N–H and O–H groups in total. The molecule has 250 valence electrons. The van der Waals surface area contributed by atoms with E-state index in [1.54, 1.807) is 7.11 Å². The maximum atomic E-state index is 11.2. The Kier molecular flexibility index (Phi) is 13.5. The fraction of sp³-hybridized carbons (Fsp3) is 0.636. The zero-order chi connectivity index (χ0) is 33.3. The summed E-state index contributed by atoms with van der Waals surface area (Å²) < 4.78 is 26.0. The predicted molar refractivity (Wildman–Crippen MR) is 182 cm³/mol. The molecule has 0 bridgehead atoms. The van der Waals surface area contributed by atoms with Crippen molar-refractivity contribution in [3.63, 3.8) is 0 Å². The number of fused-ring (bicyclic) bond motifs is 1. The van der Waals surface area contributed by atoms with Crippen LogP contribution in [0.2, 0.25) is 0 Å². The van der Waals surface area contributed by atoms with E-state index in [0.717, 1.165) is 37.9 Å². The number of nitrogens with zero attached hydrogens (tertiary/aromatic N) is 5. The van der Waals surface area contributed by atoms with E-state index in [2.05, 4.69) is 87.3 Å². The molecular formula is C33H52N5O6P. The highest BCUT2D eigenvalue weighted by Crippen LogP contribution is 2.49. The van der Waals surface area contributed by atoms with Crippen LogP contribution in [0.5, 0.6) is 11.5 Å². The Balaban J connectivity index is 1.78. The number of non-ortho nitro benzene ring substituents is 1. The summed E-state index contributed by atoms with van der Waals surface area (Å²) in [6.07, 6.45) is 3.85. The van der Waals surface area contributed by atoms with E-state index in [1.807, 2.05) is 0 Å². The summed E-state index contributed by atoms with van der Waals surface area (Å²) in [6.45, 7) is 20.0. The van der Waals surface area contributed by atoms with Gasteiger partial charge in [0.15, 0.2) is 5.75 Å². The molecule has 2 atom stereocenters. The molecule has 0 amide bonds. The number of benzene rings is 2. The number of ether oxygens (including phenoxy) is 2. The van der Waals surface area contributed by atoms with Gasteiger partial charge in [0, 0.05) is 42.0 Å². The zero-order valence-electron chi connectivity index (χ0n) is 28.7. The molecule has 1 aliphatic heterocycles. The van der Waals surface area contributed by atoms with Crippen molar-refractivity contribution in [1.29, 1.82) is 0 Å². The lowest BCUT2D eigenvalue weighted by Gasteiger charge is -2.48. The van der Waals surface area contributed by atoms with Gasteiger partial charge in [-0.05, 0) is 90.8 Å². The quantitative estimate of drug-likeness (QED) is 0.0550. The number of hydrogen-bond acceptors (Lipinski definition) is 10.